The average molecular weight is 290 g/mol. The highest BCUT2D eigenvalue weighted by Crippen LogP contribution is 2.47. The van der Waals surface area contributed by atoms with Crippen molar-refractivity contribution in [3.05, 3.63) is 29.8 Å². The van der Waals surface area contributed by atoms with Gasteiger partial charge < -0.3 is 4.74 Å². The van der Waals surface area contributed by atoms with Crippen LogP contribution in [0.15, 0.2) is 24.3 Å². The van der Waals surface area contributed by atoms with Gasteiger partial charge in [-0.15, -0.1) is 0 Å². The Labute approximate surface area is 101 Å². The first-order chi connectivity index (χ1) is 8.53. The van der Waals surface area contributed by atoms with Gasteiger partial charge in [0.25, 0.3) is 0 Å². The van der Waals surface area contributed by atoms with Crippen LogP contribution in [0.2, 0.25) is 0 Å². The summed E-state index contributed by atoms with van der Waals surface area (Å²) in [6, 6.07) is 3.81. The van der Waals surface area contributed by atoms with Crippen molar-refractivity contribution in [1.29, 1.82) is 0 Å². The van der Waals surface area contributed by atoms with E-state index in [-0.39, 0.29) is 6.29 Å². The molecule has 0 heterocycles. The van der Waals surface area contributed by atoms with Crippen LogP contribution in [-0.2, 0) is 0 Å². The standard InChI is InChI=1S/C10H5F7O2/c11-8(12,9(13,14)15)10(16,17)19-7-4-2-1-3-6(7)5-18/h1-5H. The van der Waals surface area contributed by atoms with Crippen molar-refractivity contribution in [2.75, 3.05) is 0 Å². The van der Waals surface area contributed by atoms with Crippen molar-refractivity contribution in [3.63, 3.8) is 0 Å². The summed E-state index contributed by atoms with van der Waals surface area (Å²) in [5.74, 6) is -7.47. The van der Waals surface area contributed by atoms with Crippen molar-refractivity contribution < 1.29 is 40.3 Å². The third-order valence-corrected chi connectivity index (χ3v) is 2.01. The molecule has 1 aromatic carbocycles. The van der Waals surface area contributed by atoms with E-state index in [0.717, 1.165) is 12.1 Å². The molecule has 0 fully saturated rings. The molecule has 2 nitrogen and oxygen atoms in total. The molecular weight excluding hydrogens is 285 g/mol. The maximum Gasteiger partial charge on any atom is 0.474 e. The molecule has 106 valence electrons. The van der Waals surface area contributed by atoms with Gasteiger partial charge in [-0.25, -0.2) is 0 Å². The second-order valence-corrected chi connectivity index (χ2v) is 3.35. The van der Waals surface area contributed by atoms with Gasteiger partial charge in [0.05, 0.1) is 5.56 Å². The third kappa shape index (κ3) is 2.79. The summed E-state index contributed by atoms with van der Waals surface area (Å²) in [4.78, 5) is 10.4. The lowest BCUT2D eigenvalue weighted by molar-refractivity contribution is -0.402. The lowest BCUT2D eigenvalue weighted by Gasteiger charge is -2.28. The van der Waals surface area contributed by atoms with Crippen molar-refractivity contribution >= 4 is 6.29 Å². The first kappa shape index (κ1) is 15.3. The molecule has 0 aliphatic rings. The molecule has 0 aliphatic carbocycles. The van der Waals surface area contributed by atoms with Gasteiger partial charge in [0, 0.05) is 0 Å². The van der Waals surface area contributed by atoms with Gasteiger partial charge in [0.1, 0.15) is 5.75 Å². The fourth-order valence-corrected chi connectivity index (χ4v) is 1.04. The Morgan fingerprint density at radius 1 is 0.947 bits per heavy atom. The number of para-hydroxylation sites is 1. The van der Waals surface area contributed by atoms with Crippen LogP contribution < -0.4 is 4.74 Å². The van der Waals surface area contributed by atoms with E-state index in [4.69, 9.17) is 0 Å². The minimum absolute atomic E-state index is 0.0167. The highest BCUT2D eigenvalue weighted by Gasteiger charge is 2.75. The predicted molar refractivity (Wildman–Crippen MR) is 48.4 cm³/mol. The minimum Gasteiger partial charge on any atom is -0.427 e. The van der Waals surface area contributed by atoms with E-state index in [2.05, 4.69) is 4.74 Å². The number of carbonyl (C=O) groups is 1. The zero-order valence-electron chi connectivity index (χ0n) is 8.85. The van der Waals surface area contributed by atoms with Gasteiger partial charge >= 0.3 is 18.2 Å². The summed E-state index contributed by atoms with van der Waals surface area (Å²) in [5.41, 5.74) is -0.583. The largest absolute Gasteiger partial charge is 0.474 e. The number of hydrogen-bond donors (Lipinski definition) is 0. The number of hydrogen-bond acceptors (Lipinski definition) is 2. The predicted octanol–water partition coefficient (Wildman–Crippen LogP) is 3.67. The fraction of sp³-hybridized carbons (Fsp3) is 0.300. The second kappa shape index (κ2) is 4.71. The van der Waals surface area contributed by atoms with E-state index in [1.807, 2.05) is 0 Å². The third-order valence-electron chi connectivity index (χ3n) is 2.01. The molecule has 0 atom stereocenters. The van der Waals surface area contributed by atoms with E-state index in [1.165, 1.54) is 6.07 Å². The van der Waals surface area contributed by atoms with Gasteiger partial charge in [-0.1, -0.05) is 12.1 Å². The first-order valence-corrected chi connectivity index (χ1v) is 4.58. The summed E-state index contributed by atoms with van der Waals surface area (Å²) in [6.45, 7) is 0. The highest BCUT2D eigenvalue weighted by molar-refractivity contribution is 5.79. The number of halogens is 7. The zero-order chi connectivity index (χ0) is 14.9. The topological polar surface area (TPSA) is 26.3 Å². The molecule has 1 rings (SSSR count). The molecular formula is C10H5F7O2. The SMILES string of the molecule is O=Cc1ccccc1OC(F)(F)C(F)(F)C(F)(F)F. The lowest BCUT2D eigenvalue weighted by atomic mass is 10.2. The van der Waals surface area contributed by atoms with Crippen LogP contribution >= 0.6 is 0 Å². The van der Waals surface area contributed by atoms with E-state index in [9.17, 15) is 35.5 Å². The maximum atomic E-state index is 12.9. The Balaban J connectivity index is 3.13. The Morgan fingerprint density at radius 3 is 1.95 bits per heavy atom. The van der Waals surface area contributed by atoms with Crippen LogP contribution in [-0.4, -0.2) is 24.5 Å². The molecule has 0 aromatic heterocycles. The van der Waals surface area contributed by atoms with Crippen molar-refractivity contribution in [2.45, 2.75) is 18.2 Å². The molecule has 0 spiro atoms. The van der Waals surface area contributed by atoms with Crippen LogP contribution in [0.25, 0.3) is 0 Å². The van der Waals surface area contributed by atoms with Crippen LogP contribution in [0.3, 0.4) is 0 Å². The van der Waals surface area contributed by atoms with Gasteiger partial charge in [-0.2, -0.15) is 30.7 Å². The number of rotatable bonds is 4. The average Bonchev–Trinajstić information content (AvgIpc) is 2.27. The monoisotopic (exact) mass is 290 g/mol. The van der Waals surface area contributed by atoms with Crippen molar-refractivity contribution in [3.8, 4) is 5.75 Å². The number of carbonyl (C=O) groups excluding carboxylic acids is 1. The molecule has 0 aliphatic heterocycles. The molecule has 0 saturated heterocycles. The lowest BCUT2D eigenvalue weighted by Crippen LogP contribution is -2.55. The van der Waals surface area contributed by atoms with Crippen LogP contribution in [0.1, 0.15) is 10.4 Å². The molecule has 0 bridgehead atoms. The van der Waals surface area contributed by atoms with Crippen molar-refractivity contribution in [1.82, 2.24) is 0 Å². The number of benzene rings is 1. The summed E-state index contributed by atoms with van der Waals surface area (Å²) in [6.07, 6.45) is -12.4. The molecule has 0 unspecified atom stereocenters. The fourth-order valence-electron chi connectivity index (χ4n) is 1.04. The molecule has 0 radical (unpaired) electrons. The molecule has 0 saturated carbocycles. The van der Waals surface area contributed by atoms with Gasteiger partial charge in [-0.3, -0.25) is 4.79 Å². The van der Waals surface area contributed by atoms with E-state index >= 15 is 0 Å². The second-order valence-electron chi connectivity index (χ2n) is 3.35. The summed E-state index contributed by atoms with van der Waals surface area (Å²) in [5, 5.41) is 0. The maximum absolute atomic E-state index is 12.9. The Morgan fingerprint density at radius 2 is 1.47 bits per heavy atom. The van der Waals surface area contributed by atoms with Crippen LogP contribution in [0.4, 0.5) is 30.7 Å². The molecule has 0 amide bonds. The normalized spacial score (nSPS) is 13.2. The van der Waals surface area contributed by atoms with E-state index in [0.29, 0.717) is 6.07 Å². The van der Waals surface area contributed by atoms with Crippen LogP contribution in [0.5, 0.6) is 5.75 Å². The van der Waals surface area contributed by atoms with Gasteiger partial charge in [0.2, 0.25) is 0 Å². The molecule has 9 heteroatoms. The van der Waals surface area contributed by atoms with Gasteiger partial charge in [-0.05, 0) is 12.1 Å². The van der Waals surface area contributed by atoms with E-state index < -0.39 is 29.5 Å². The smallest absolute Gasteiger partial charge is 0.427 e. The Hall–Kier alpha value is -1.80. The van der Waals surface area contributed by atoms with Gasteiger partial charge in [0.15, 0.2) is 6.29 Å². The summed E-state index contributed by atoms with van der Waals surface area (Å²) < 4.78 is 89.8. The zero-order valence-corrected chi connectivity index (χ0v) is 8.85. The summed E-state index contributed by atoms with van der Waals surface area (Å²) in [7, 11) is 0. The number of alkyl halides is 7. The van der Waals surface area contributed by atoms with E-state index in [1.54, 1.807) is 0 Å². The highest BCUT2D eigenvalue weighted by atomic mass is 19.4. The first-order valence-electron chi connectivity index (χ1n) is 4.58. The minimum atomic E-state index is -6.49. The molecule has 0 N–H and O–H groups in total. The quantitative estimate of drug-likeness (QED) is 0.624. The Bertz CT molecular complexity index is 467. The molecule has 19 heavy (non-hydrogen) atoms. The summed E-state index contributed by atoms with van der Waals surface area (Å²) >= 11 is 0. The van der Waals surface area contributed by atoms with Crippen LogP contribution in [0, 0.1) is 0 Å². The van der Waals surface area contributed by atoms with Crippen molar-refractivity contribution in [2.24, 2.45) is 0 Å². The Kier molecular flexibility index (Phi) is 3.78. The number of aldehydes is 1. The molecule has 1 aromatic rings. The number of ether oxygens (including phenoxy) is 1.